The van der Waals surface area contributed by atoms with E-state index in [9.17, 15) is 13.6 Å². The van der Waals surface area contributed by atoms with E-state index in [-0.39, 0.29) is 6.42 Å². The fraction of sp³-hybridized carbons (Fsp3) is 0.444. The number of rotatable bonds is 5. The number of hydrogen-bond acceptors (Lipinski definition) is 3. The minimum absolute atomic E-state index is 0.0964. The number of aliphatic hydroxyl groups excluding tert-OH is 1. The first-order valence-corrected chi connectivity index (χ1v) is 5.19. The van der Waals surface area contributed by atoms with Gasteiger partial charge in [0.15, 0.2) is 0 Å². The quantitative estimate of drug-likeness (QED) is 0.801. The van der Waals surface area contributed by atoms with Crippen molar-refractivity contribution in [2.24, 2.45) is 0 Å². The summed E-state index contributed by atoms with van der Waals surface area (Å²) >= 11 is 1.39. The van der Waals surface area contributed by atoms with E-state index in [1.54, 1.807) is 12.1 Å². The Morgan fingerprint density at radius 2 is 2.33 bits per heavy atom. The van der Waals surface area contributed by atoms with Crippen LogP contribution in [0.2, 0.25) is 0 Å². The number of alkyl halides is 2. The van der Waals surface area contributed by atoms with Crippen LogP contribution in [0, 0.1) is 0 Å². The second kappa shape index (κ2) is 5.18. The lowest BCUT2D eigenvalue weighted by atomic mass is 10.3. The summed E-state index contributed by atoms with van der Waals surface area (Å²) in [6, 6.07) is 3.55. The van der Waals surface area contributed by atoms with Crippen molar-refractivity contribution in [3.8, 4) is 0 Å². The Bertz CT molecular complexity index is 314. The molecule has 0 aromatic carbocycles. The van der Waals surface area contributed by atoms with E-state index in [0.717, 1.165) is 4.88 Å². The molecular weight excluding hydrogens is 224 g/mol. The zero-order valence-corrected chi connectivity index (χ0v) is 8.69. The number of aliphatic hydroxyl groups is 1. The van der Waals surface area contributed by atoms with E-state index in [0.29, 0.717) is 0 Å². The summed E-state index contributed by atoms with van der Waals surface area (Å²) < 4.78 is 25.1. The minimum Gasteiger partial charge on any atom is -0.390 e. The van der Waals surface area contributed by atoms with Crippen LogP contribution in [0.25, 0.3) is 0 Å². The summed E-state index contributed by atoms with van der Waals surface area (Å²) in [5.74, 6) is -3.71. The Morgan fingerprint density at radius 1 is 1.60 bits per heavy atom. The molecule has 1 aromatic heterocycles. The van der Waals surface area contributed by atoms with E-state index < -0.39 is 25.0 Å². The molecule has 2 N–H and O–H groups in total. The molecule has 1 aromatic rings. The van der Waals surface area contributed by atoms with Gasteiger partial charge in [0.05, 0.1) is 13.0 Å². The lowest BCUT2D eigenvalue weighted by Gasteiger charge is -2.13. The molecule has 0 radical (unpaired) electrons. The molecule has 0 saturated carbocycles. The molecule has 0 aliphatic rings. The first kappa shape index (κ1) is 12.1. The summed E-state index contributed by atoms with van der Waals surface area (Å²) in [4.78, 5) is 12.0. The molecule has 0 unspecified atom stereocenters. The summed E-state index contributed by atoms with van der Waals surface area (Å²) in [6.45, 7) is -2.08. The van der Waals surface area contributed by atoms with Gasteiger partial charge in [-0.15, -0.1) is 11.3 Å². The second-order valence-corrected chi connectivity index (χ2v) is 4.08. The molecule has 1 amide bonds. The third-order valence-electron chi connectivity index (χ3n) is 1.69. The van der Waals surface area contributed by atoms with Crippen molar-refractivity contribution in [2.45, 2.75) is 12.3 Å². The van der Waals surface area contributed by atoms with Gasteiger partial charge in [-0.2, -0.15) is 0 Å². The Labute approximate surface area is 89.7 Å². The van der Waals surface area contributed by atoms with Crippen LogP contribution in [0.4, 0.5) is 8.78 Å². The minimum atomic E-state index is -3.24. The van der Waals surface area contributed by atoms with Crippen LogP contribution < -0.4 is 5.32 Å². The van der Waals surface area contributed by atoms with Crippen molar-refractivity contribution in [1.29, 1.82) is 0 Å². The number of amides is 1. The van der Waals surface area contributed by atoms with Crippen molar-refractivity contribution in [3.05, 3.63) is 22.4 Å². The molecule has 0 fully saturated rings. The summed E-state index contributed by atoms with van der Waals surface area (Å²) in [7, 11) is 0. The fourth-order valence-electron chi connectivity index (χ4n) is 0.918. The van der Waals surface area contributed by atoms with Crippen LogP contribution in [-0.2, 0) is 11.2 Å². The first-order valence-electron chi connectivity index (χ1n) is 4.31. The van der Waals surface area contributed by atoms with Gasteiger partial charge in [-0.1, -0.05) is 6.07 Å². The normalized spacial score (nSPS) is 11.4. The van der Waals surface area contributed by atoms with Gasteiger partial charge in [-0.3, -0.25) is 4.79 Å². The van der Waals surface area contributed by atoms with E-state index in [1.165, 1.54) is 11.3 Å². The third kappa shape index (κ3) is 4.35. The zero-order valence-electron chi connectivity index (χ0n) is 7.87. The number of halogens is 2. The molecule has 6 heteroatoms. The molecule has 84 valence electrons. The summed E-state index contributed by atoms with van der Waals surface area (Å²) in [5.41, 5.74) is 0. The van der Waals surface area contributed by atoms with E-state index in [2.05, 4.69) is 5.32 Å². The number of carbonyl (C=O) groups excluding carboxylic acids is 1. The van der Waals surface area contributed by atoms with Crippen molar-refractivity contribution >= 4 is 17.2 Å². The highest BCUT2D eigenvalue weighted by atomic mass is 32.1. The Kier molecular flexibility index (Phi) is 4.16. The Balaban J connectivity index is 2.31. The zero-order chi connectivity index (χ0) is 11.3. The molecule has 0 spiro atoms. The monoisotopic (exact) mass is 235 g/mol. The van der Waals surface area contributed by atoms with Gasteiger partial charge >= 0.3 is 0 Å². The van der Waals surface area contributed by atoms with Crippen LogP contribution in [0.1, 0.15) is 4.88 Å². The molecule has 0 saturated heterocycles. The Hall–Kier alpha value is -1.01. The average Bonchev–Trinajstić information content (AvgIpc) is 2.68. The number of carbonyl (C=O) groups is 1. The van der Waals surface area contributed by atoms with Crippen molar-refractivity contribution in [3.63, 3.8) is 0 Å². The summed E-state index contributed by atoms with van der Waals surface area (Å²) in [5, 5.41) is 12.1. The highest BCUT2D eigenvalue weighted by Crippen LogP contribution is 2.11. The molecule has 0 bridgehead atoms. The molecule has 15 heavy (non-hydrogen) atoms. The molecule has 3 nitrogen and oxygen atoms in total. The van der Waals surface area contributed by atoms with E-state index >= 15 is 0 Å². The topological polar surface area (TPSA) is 49.3 Å². The van der Waals surface area contributed by atoms with Gasteiger partial charge in [-0.05, 0) is 11.4 Å². The largest absolute Gasteiger partial charge is 0.390 e. The Morgan fingerprint density at radius 3 is 2.87 bits per heavy atom. The van der Waals surface area contributed by atoms with Crippen molar-refractivity contribution < 1.29 is 18.7 Å². The maximum absolute atomic E-state index is 12.5. The van der Waals surface area contributed by atoms with Gasteiger partial charge in [0.2, 0.25) is 5.91 Å². The van der Waals surface area contributed by atoms with Crippen LogP contribution in [0.3, 0.4) is 0 Å². The summed E-state index contributed by atoms with van der Waals surface area (Å²) in [6.07, 6.45) is 0.0964. The van der Waals surface area contributed by atoms with Gasteiger partial charge in [0, 0.05) is 4.88 Å². The second-order valence-electron chi connectivity index (χ2n) is 3.05. The molecule has 0 aliphatic heterocycles. The molecule has 0 aliphatic carbocycles. The van der Waals surface area contributed by atoms with Gasteiger partial charge in [0.25, 0.3) is 5.92 Å². The van der Waals surface area contributed by atoms with Crippen molar-refractivity contribution in [1.82, 2.24) is 5.32 Å². The standard InChI is InChI=1S/C9H11F2NO2S/c10-9(11,6-13)5-12-8(14)4-7-2-1-3-15-7/h1-3,13H,4-6H2,(H,12,14). The van der Waals surface area contributed by atoms with E-state index in [4.69, 9.17) is 5.11 Å². The predicted molar refractivity (Wildman–Crippen MR) is 53.1 cm³/mol. The number of thiophene rings is 1. The maximum Gasteiger partial charge on any atom is 0.287 e. The highest BCUT2D eigenvalue weighted by Gasteiger charge is 2.28. The lowest BCUT2D eigenvalue weighted by Crippen LogP contribution is -2.39. The van der Waals surface area contributed by atoms with Gasteiger partial charge < -0.3 is 10.4 Å². The first-order chi connectivity index (χ1) is 7.03. The fourth-order valence-corrected chi connectivity index (χ4v) is 1.62. The smallest absolute Gasteiger partial charge is 0.287 e. The average molecular weight is 235 g/mol. The predicted octanol–water partition coefficient (Wildman–Crippen LogP) is 1.03. The number of hydrogen-bond donors (Lipinski definition) is 2. The lowest BCUT2D eigenvalue weighted by molar-refractivity contribution is -0.123. The van der Waals surface area contributed by atoms with Gasteiger partial charge in [-0.25, -0.2) is 8.78 Å². The van der Waals surface area contributed by atoms with Crippen molar-refractivity contribution in [2.75, 3.05) is 13.2 Å². The molecule has 1 heterocycles. The van der Waals surface area contributed by atoms with Crippen LogP contribution in [0.5, 0.6) is 0 Å². The third-order valence-corrected chi connectivity index (χ3v) is 2.57. The molecule has 0 atom stereocenters. The van der Waals surface area contributed by atoms with Crippen LogP contribution in [-0.4, -0.2) is 30.1 Å². The number of nitrogens with one attached hydrogen (secondary N) is 1. The SMILES string of the molecule is O=C(Cc1cccs1)NCC(F)(F)CO. The van der Waals surface area contributed by atoms with Gasteiger partial charge in [0.1, 0.15) is 6.61 Å². The molecular formula is C9H11F2NO2S. The van der Waals surface area contributed by atoms with E-state index in [1.807, 2.05) is 5.38 Å². The van der Waals surface area contributed by atoms with Crippen LogP contribution >= 0.6 is 11.3 Å². The maximum atomic E-state index is 12.5. The molecule has 1 rings (SSSR count). The van der Waals surface area contributed by atoms with Crippen LogP contribution in [0.15, 0.2) is 17.5 Å². The highest BCUT2D eigenvalue weighted by molar-refractivity contribution is 7.10.